The molecule has 4 bridgehead atoms. The fraction of sp³-hybridized carbons (Fsp3) is 0.522. The van der Waals surface area contributed by atoms with Crippen molar-refractivity contribution in [3.05, 3.63) is 45.6 Å². The van der Waals surface area contributed by atoms with Crippen LogP contribution >= 0.6 is 11.3 Å². The largest absolute Gasteiger partial charge is 0.497 e. The molecule has 4 aliphatic rings. The molecule has 5 heteroatoms. The molecule has 4 fully saturated rings. The van der Waals surface area contributed by atoms with Gasteiger partial charge in [0.05, 0.1) is 12.7 Å². The van der Waals surface area contributed by atoms with Gasteiger partial charge in [-0.15, -0.1) is 11.3 Å². The van der Waals surface area contributed by atoms with Crippen molar-refractivity contribution in [1.82, 2.24) is 0 Å². The molecule has 0 spiro atoms. The predicted octanol–water partition coefficient (Wildman–Crippen LogP) is 5.53. The maximum atomic E-state index is 12.0. The molecule has 28 heavy (non-hydrogen) atoms. The Bertz CT molecular complexity index is 850. The summed E-state index contributed by atoms with van der Waals surface area (Å²) in [6.07, 6.45) is 7.66. The highest BCUT2D eigenvalue weighted by molar-refractivity contribution is 7.10. The van der Waals surface area contributed by atoms with E-state index in [2.05, 4.69) is 5.32 Å². The molecule has 6 rings (SSSR count). The number of carboxylic acids is 1. The molecule has 4 aliphatic carbocycles. The number of hydrogen-bond donors (Lipinski definition) is 2. The maximum absolute atomic E-state index is 12.0. The average Bonchev–Trinajstić information content (AvgIpc) is 3.11. The summed E-state index contributed by atoms with van der Waals surface area (Å²) in [6.45, 7) is 0.682. The summed E-state index contributed by atoms with van der Waals surface area (Å²) in [5.74, 6) is 2.47. The zero-order valence-electron chi connectivity index (χ0n) is 16.2. The van der Waals surface area contributed by atoms with Crippen molar-refractivity contribution < 1.29 is 14.6 Å². The van der Waals surface area contributed by atoms with Gasteiger partial charge < -0.3 is 15.2 Å². The van der Waals surface area contributed by atoms with Crippen LogP contribution in [-0.2, 0) is 12.0 Å². The summed E-state index contributed by atoms with van der Waals surface area (Å²) in [6, 6.07) is 7.91. The smallest absolute Gasteiger partial charge is 0.336 e. The van der Waals surface area contributed by atoms with Crippen LogP contribution < -0.4 is 10.1 Å². The Morgan fingerprint density at radius 2 is 1.75 bits per heavy atom. The van der Waals surface area contributed by atoms with Crippen molar-refractivity contribution in [1.29, 1.82) is 0 Å². The third-order valence-electron chi connectivity index (χ3n) is 7.21. The highest BCUT2D eigenvalue weighted by Crippen LogP contribution is 2.62. The highest BCUT2D eigenvalue weighted by atomic mass is 32.1. The van der Waals surface area contributed by atoms with Crippen LogP contribution in [0.15, 0.2) is 29.6 Å². The number of anilines is 1. The van der Waals surface area contributed by atoms with Crippen LogP contribution in [0.4, 0.5) is 5.69 Å². The van der Waals surface area contributed by atoms with Gasteiger partial charge in [0, 0.05) is 22.5 Å². The first kappa shape index (κ1) is 18.0. The van der Waals surface area contributed by atoms with Crippen LogP contribution in [0.5, 0.6) is 5.75 Å². The minimum atomic E-state index is -0.766. The number of rotatable bonds is 6. The fourth-order valence-corrected chi connectivity index (χ4v) is 7.65. The Labute approximate surface area is 169 Å². The van der Waals surface area contributed by atoms with Crippen LogP contribution in [-0.4, -0.2) is 18.2 Å². The summed E-state index contributed by atoms with van der Waals surface area (Å²) < 4.78 is 5.23. The van der Waals surface area contributed by atoms with Crippen molar-refractivity contribution in [2.45, 2.75) is 50.5 Å². The van der Waals surface area contributed by atoms with Crippen molar-refractivity contribution in [3.8, 4) is 5.75 Å². The summed E-state index contributed by atoms with van der Waals surface area (Å²) in [5, 5.41) is 15.3. The number of benzene rings is 1. The van der Waals surface area contributed by atoms with E-state index in [1.807, 2.05) is 29.6 Å². The van der Waals surface area contributed by atoms with Crippen molar-refractivity contribution in [2.24, 2.45) is 17.8 Å². The standard InChI is InChI=1S/C23H27NO3S/c1-27-18-4-2-17(3-5-18)24-12-20-21(19(13-28-20)22(25)26)23-9-14-6-15(10-23)8-16(7-14)11-23/h2-5,13-16,24H,6-12H2,1H3,(H,25,26). The summed E-state index contributed by atoms with van der Waals surface area (Å²) in [5.41, 5.74) is 2.84. The molecule has 2 N–H and O–H groups in total. The number of aromatic carboxylic acids is 1. The third-order valence-corrected chi connectivity index (χ3v) is 8.20. The molecular formula is C23H27NO3S. The molecule has 0 amide bonds. The molecule has 0 radical (unpaired) electrons. The fourth-order valence-electron chi connectivity index (χ4n) is 6.57. The number of ether oxygens (including phenoxy) is 1. The summed E-state index contributed by atoms with van der Waals surface area (Å²) in [4.78, 5) is 13.2. The predicted molar refractivity (Wildman–Crippen MR) is 111 cm³/mol. The second-order valence-electron chi connectivity index (χ2n) is 9.03. The van der Waals surface area contributed by atoms with Gasteiger partial charge in [-0.25, -0.2) is 4.79 Å². The van der Waals surface area contributed by atoms with E-state index in [0.717, 1.165) is 34.8 Å². The number of methoxy groups -OCH3 is 1. The number of hydrogen-bond acceptors (Lipinski definition) is 4. The van der Waals surface area contributed by atoms with Crippen LogP contribution in [0.1, 0.15) is 59.3 Å². The number of thiophene rings is 1. The van der Waals surface area contributed by atoms with Crippen LogP contribution in [0.3, 0.4) is 0 Å². The Balaban J connectivity index is 1.45. The summed E-state index contributed by atoms with van der Waals surface area (Å²) in [7, 11) is 1.67. The minimum Gasteiger partial charge on any atom is -0.497 e. The van der Waals surface area contributed by atoms with E-state index in [4.69, 9.17) is 4.74 Å². The van der Waals surface area contributed by atoms with Gasteiger partial charge in [-0.05, 0) is 91.5 Å². The number of nitrogens with one attached hydrogen (secondary N) is 1. The molecule has 1 heterocycles. The van der Waals surface area contributed by atoms with Crippen LogP contribution in [0.2, 0.25) is 0 Å². The first-order chi connectivity index (χ1) is 13.6. The van der Waals surface area contributed by atoms with E-state index in [0.29, 0.717) is 12.1 Å². The molecule has 4 nitrogen and oxygen atoms in total. The second kappa shape index (κ2) is 6.80. The van der Waals surface area contributed by atoms with Gasteiger partial charge in [0.2, 0.25) is 0 Å². The Morgan fingerprint density at radius 1 is 1.14 bits per heavy atom. The maximum Gasteiger partial charge on any atom is 0.336 e. The second-order valence-corrected chi connectivity index (χ2v) is 10.00. The van der Waals surface area contributed by atoms with Crippen LogP contribution in [0, 0.1) is 17.8 Å². The lowest BCUT2D eigenvalue weighted by atomic mass is 9.47. The number of carboxylic acid groups (broad SMARTS) is 1. The van der Waals surface area contributed by atoms with Crippen molar-refractivity contribution in [2.75, 3.05) is 12.4 Å². The topological polar surface area (TPSA) is 58.6 Å². The monoisotopic (exact) mass is 397 g/mol. The molecule has 0 unspecified atom stereocenters. The lowest BCUT2D eigenvalue weighted by Crippen LogP contribution is -2.49. The zero-order chi connectivity index (χ0) is 19.3. The van der Waals surface area contributed by atoms with E-state index in [9.17, 15) is 9.90 Å². The molecule has 1 aromatic carbocycles. The van der Waals surface area contributed by atoms with Gasteiger partial charge in [-0.1, -0.05) is 0 Å². The number of carbonyl (C=O) groups is 1. The van der Waals surface area contributed by atoms with Gasteiger partial charge >= 0.3 is 5.97 Å². The zero-order valence-corrected chi connectivity index (χ0v) is 17.1. The van der Waals surface area contributed by atoms with Gasteiger partial charge in [0.25, 0.3) is 0 Å². The van der Waals surface area contributed by atoms with Gasteiger partial charge in [0.1, 0.15) is 5.75 Å². The lowest BCUT2D eigenvalue weighted by molar-refractivity contribution is -0.00593. The molecule has 0 saturated heterocycles. The van der Waals surface area contributed by atoms with Crippen molar-refractivity contribution in [3.63, 3.8) is 0 Å². The van der Waals surface area contributed by atoms with Crippen molar-refractivity contribution >= 4 is 23.0 Å². The van der Waals surface area contributed by atoms with Gasteiger partial charge in [0.15, 0.2) is 0 Å². The molecule has 1 aromatic heterocycles. The average molecular weight is 398 g/mol. The minimum absolute atomic E-state index is 0.0966. The normalized spacial score (nSPS) is 30.4. The summed E-state index contributed by atoms with van der Waals surface area (Å²) >= 11 is 1.61. The molecule has 148 valence electrons. The molecule has 0 atom stereocenters. The Kier molecular flexibility index (Phi) is 4.38. The molecular weight excluding hydrogens is 370 g/mol. The Morgan fingerprint density at radius 3 is 2.29 bits per heavy atom. The Hall–Kier alpha value is -2.01. The van der Waals surface area contributed by atoms with E-state index < -0.39 is 5.97 Å². The van der Waals surface area contributed by atoms with E-state index in [-0.39, 0.29) is 5.41 Å². The van der Waals surface area contributed by atoms with E-state index in [1.54, 1.807) is 18.4 Å². The lowest BCUT2D eigenvalue weighted by Gasteiger charge is -2.57. The van der Waals surface area contributed by atoms with Gasteiger partial charge in [-0.3, -0.25) is 0 Å². The SMILES string of the molecule is COc1ccc(NCc2scc(C(=O)O)c2C23CC4CC(CC(C4)C2)C3)cc1. The highest BCUT2D eigenvalue weighted by Gasteiger charge is 2.53. The molecule has 0 aliphatic heterocycles. The van der Waals surface area contributed by atoms with E-state index >= 15 is 0 Å². The third kappa shape index (κ3) is 3.00. The van der Waals surface area contributed by atoms with Crippen LogP contribution in [0.25, 0.3) is 0 Å². The van der Waals surface area contributed by atoms with E-state index in [1.165, 1.54) is 43.4 Å². The first-order valence-corrected chi connectivity index (χ1v) is 11.2. The molecule has 2 aromatic rings. The van der Waals surface area contributed by atoms with Gasteiger partial charge in [-0.2, -0.15) is 0 Å². The first-order valence-electron chi connectivity index (χ1n) is 10.3. The quantitative estimate of drug-likeness (QED) is 0.672. The molecule has 4 saturated carbocycles.